The lowest BCUT2D eigenvalue weighted by Gasteiger charge is -2.34. The summed E-state index contributed by atoms with van der Waals surface area (Å²) in [6, 6.07) is 0. The fraction of sp³-hybridized carbons (Fsp3) is 0.929. The van der Waals surface area contributed by atoms with Gasteiger partial charge in [-0.3, -0.25) is 9.89 Å². The van der Waals surface area contributed by atoms with Crippen molar-refractivity contribution in [3.8, 4) is 0 Å². The maximum atomic E-state index is 5.29. The largest absolute Gasteiger partial charge is 0.380 e. The van der Waals surface area contributed by atoms with E-state index >= 15 is 0 Å². The van der Waals surface area contributed by atoms with Crippen molar-refractivity contribution in [3.05, 3.63) is 0 Å². The van der Waals surface area contributed by atoms with E-state index in [4.69, 9.17) is 4.74 Å². The van der Waals surface area contributed by atoms with Crippen LogP contribution in [-0.4, -0.2) is 88.4 Å². The van der Waals surface area contributed by atoms with E-state index < -0.39 is 0 Å². The zero-order chi connectivity index (χ0) is 14.6. The van der Waals surface area contributed by atoms with Gasteiger partial charge in [-0.1, -0.05) is 6.92 Å². The molecule has 0 amide bonds. The number of aliphatic imine (C=N–C) groups is 1. The Morgan fingerprint density at radius 1 is 1.05 bits per heavy atom. The van der Waals surface area contributed by atoms with Gasteiger partial charge in [0.25, 0.3) is 0 Å². The van der Waals surface area contributed by atoms with Crippen LogP contribution in [0.15, 0.2) is 4.99 Å². The lowest BCUT2D eigenvalue weighted by Crippen LogP contribution is -2.49. The number of nitrogens with one attached hydrogen (secondary N) is 2. The Morgan fingerprint density at radius 3 is 2.30 bits per heavy atom. The highest BCUT2D eigenvalue weighted by Gasteiger charge is 2.14. The van der Waals surface area contributed by atoms with Gasteiger partial charge in [0, 0.05) is 59.5 Å². The van der Waals surface area contributed by atoms with Crippen LogP contribution < -0.4 is 10.6 Å². The van der Waals surface area contributed by atoms with Crippen LogP contribution in [0.2, 0.25) is 0 Å². The van der Waals surface area contributed by atoms with Crippen molar-refractivity contribution in [3.63, 3.8) is 0 Å². The fourth-order valence-corrected chi connectivity index (χ4v) is 2.27. The number of hydrogen-bond acceptors (Lipinski definition) is 4. The van der Waals surface area contributed by atoms with Gasteiger partial charge in [-0.2, -0.15) is 0 Å². The molecule has 1 heterocycles. The highest BCUT2D eigenvalue weighted by molar-refractivity contribution is 5.79. The first-order valence-electron chi connectivity index (χ1n) is 7.77. The fourth-order valence-electron chi connectivity index (χ4n) is 2.27. The minimum atomic E-state index is 0.718. The average Bonchev–Trinajstić information content (AvgIpc) is 2.50. The van der Waals surface area contributed by atoms with Gasteiger partial charge < -0.3 is 20.3 Å². The molecule has 1 fully saturated rings. The molecule has 6 heteroatoms. The molecule has 0 spiro atoms. The monoisotopic (exact) mass is 285 g/mol. The van der Waals surface area contributed by atoms with Crippen LogP contribution in [0.25, 0.3) is 0 Å². The molecule has 0 aromatic rings. The minimum absolute atomic E-state index is 0.718. The average molecular weight is 285 g/mol. The number of guanidine groups is 1. The number of rotatable bonds is 8. The SMILES string of the molecule is CCOCCNC(=NC)NCCN1CCN(CC)CC1. The normalized spacial score (nSPS) is 18.2. The van der Waals surface area contributed by atoms with Gasteiger partial charge in [0.05, 0.1) is 6.61 Å². The summed E-state index contributed by atoms with van der Waals surface area (Å²) in [7, 11) is 1.80. The molecule has 0 bridgehead atoms. The molecule has 0 saturated carbocycles. The van der Waals surface area contributed by atoms with Gasteiger partial charge in [-0.25, -0.2) is 0 Å². The van der Waals surface area contributed by atoms with Gasteiger partial charge in [0.1, 0.15) is 0 Å². The second-order valence-electron chi connectivity index (χ2n) is 4.90. The molecule has 2 N–H and O–H groups in total. The topological polar surface area (TPSA) is 52.1 Å². The molecule has 118 valence electrons. The summed E-state index contributed by atoms with van der Waals surface area (Å²) >= 11 is 0. The standard InChI is InChI=1S/C14H31N5O/c1-4-18-9-11-19(12-10-18)8-6-16-14(15-3)17-7-13-20-5-2/h4-13H2,1-3H3,(H2,15,16,17). The smallest absolute Gasteiger partial charge is 0.191 e. The van der Waals surface area contributed by atoms with Gasteiger partial charge >= 0.3 is 0 Å². The molecule has 1 rings (SSSR count). The van der Waals surface area contributed by atoms with Crippen molar-refractivity contribution in [2.75, 3.05) is 72.6 Å². The molecule has 0 aromatic heterocycles. The van der Waals surface area contributed by atoms with Crippen LogP contribution >= 0.6 is 0 Å². The summed E-state index contributed by atoms with van der Waals surface area (Å²) in [5.41, 5.74) is 0. The van der Waals surface area contributed by atoms with Crippen LogP contribution in [0.3, 0.4) is 0 Å². The van der Waals surface area contributed by atoms with Crippen LogP contribution in [0.5, 0.6) is 0 Å². The molecule has 0 radical (unpaired) electrons. The quantitative estimate of drug-likeness (QED) is 0.368. The Labute approximate surface area is 123 Å². The summed E-state index contributed by atoms with van der Waals surface area (Å²) < 4.78 is 5.29. The highest BCUT2D eigenvalue weighted by Crippen LogP contribution is 1.99. The van der Waals surface area contributed by atoms with Crippen molar-refractivity contribution in [1.82, 2.24) is 20.4 Å². The summed E-state index contributed by atoms with van der Waals surface area (Å²) in [4.78, 5) is 9.21. The molecule has 1 aliphatic heterocycles. The van der Waals surface area contributed by atoms with Crippen LogP contribution in [0.4, 0.5) is 0 Å². The Kier molecular flexibility index (Phi) is 9.36. The molecule has 1 saturated heterocycles. The first-order valence-corrected chi connectivity index (χ1v) is 7.77. The number of likely N-dealkylation sites (N-methyl/N-ethyl adjacent to an activating group) is 1. The first-order chi connectivity index (χ1) is 9.80. The van der Waals surface area contributed by atoms with Crippen molar-refractivity contribution < 1.29 is 4.74 Å². The maximum absolute atomic E-state index is 5.29. The second-order valence-corrected chi connectivity index (χ2v) is 4.90. The van der Waals surface area contributed by atoms with Crippen molar-refractivity contribution in [2.45, 2.75) is 13.8 Å². The van der Waals surface area contributed by atoms with Gasteiger partial charge in [0.2, 0.25) is 0 Å². The third-order valence-corrected chi connectivity index (χ3v) is 3.60. The van der Waals surface area contributed by atoms with E-state index in [0.717, 1.165) is 38.8 Å². The van der Waals surface area contributed by atoms with Crippen LogP contribution in [-0.2, 0) is 4.74 Å². The molecule has 0 aromatic carbocycles. The third-order valence-electron chi connectivity index (χ3n) is 3.60. The summed E-state index contributed by atoms with van der Waals surface area (Å²) in [6.07, 6.45) is 0. The maximum Gasteiger partial charge on any atom is 0.191 e. The molecule has 20 heavy (non-hydrogen) atoms. The van der Waals surface area contributed by atoms with E-state index in [9.17, 15) is 0 Å². The Balaban J connectivity index is 2.07. The molecule has 0 aliphatic carbocycles. The number of nitrogens with zero attached hydrogens (tertiary/aromatic N) is 3. The van der Waals surface area contributed by atoms with E-state index in [-0.39, 0.29) is 0 Å². The Hall–Kier alpha value is -0.850. The Bertz CT molecular complexity index is 264. The van der Waals surface area contributed by atoms with Crippen LogP contribution in [0, 0.1) is 0 Å². The van der Waals surface area contributed by atoms with Gasteiger partial charge in [0.15, 0.2) is 5.96 Å². The van der Waals surface area contributed by atoms with Gasteiger partial charge in [-0.05, 0) is 13.5 Å². The predicted octanol–water partition coefficient (Wildman–Crippen LogP) is -0.175. The van der Waals surface area contributed by atoms with Gasteiger partial charge in [-0.15, -0.1) is 0 Å². The van der Waals surface area contributed by atoms with E-state index in [1.54, 1.807) is 7.05 Å². The van der Waals surface area contributed by atoms with E-state index in [0.29, 0.717) is 0 Å². The van der Waals surface area contributed by atoms with Crippen LogP contribution in [0.1, 0.15) is 13.8 Å². The minimum Gasteiger partial charge on any atom is -0.380 e. The van der Waals surface area contributed by atoms with Crippen molar-refractivity contribution in [1.29, 1.82) is 0 Å². The summed E-state index contributed by atoms with van der Waals surface area (Å²) in [6.45, 7) is 14.4. The van der Waals surface area contributed by atoms with E-state index in [1.165, 1.54) is 32.7 Å². The lowest BCUT2D eigenvalue weighted by molar-refractivity contribution is 0.139. The third kappa shape index (κ3) is 7.07. The number of piperazine rings is 1. The zero-order valence-electron chi connectivity index (χ0n) is 13.3. The molecule has 0 atom stereocenters. The molecular weight excluding hydrogens is 254 g/mol. The Morgan fingerprint density at radius 2 is 1.70 bits per heavy atom. The summed E-state index contributed by atoms with van der Waals surface area (Å²) in [5, 5.41) is 6.59. The molecule has 1 aliphatic rings. The molecule has 0 unspecified atom stereocenters. The van der Waals surface area contributed by atoms with E-state index in [1.807, 2.05) is 6.92 Å². The van der Waals surface area contributed by atoms with Crippen molar-refractivity contribution >= 4 is 5.96 Å². The zero-order valence-corrected chi connectivity index (χ0v) is 13.3. The highest BCUT2D eigenvalue weighted by atomic mass is 16.5. The van der Waals surface area contributed by atoms with E-state index in [2.05, 4.69) is 32.3 Å². The van der Waals surface area contributed by atoms with Crippen molar-refractivity contribution in [2.24, 2.45) is 4.99 Å². The predicted molar refractivity (Wildman–Crippen MR) is 84.4 cm³/mol. The first kappa shape index (κ1) is 17.2. The number of ether oxygens (including phenoxy) is 1. The molecule has 6 nitrogen and oxygen atoms in total. The lowest BCUT2D eigenvalue weighted by atomic mass is 10.3. The molecular formula is C14H31N5O. The summed E-state index contributed by atoms with van der Waals surface area (Å²) in [5.74, 6) is 0.858. The number of hydrogen-bond donors (Lipinski definition) is 2. The second kappa shape index (κ2) is 10.9.